The van der Waals surface area contributed by atoms with Crippen LogP contribution in [-0.2, 0) is 24.2 Å². The molecule has 0 fully saturated rings. The Morgan fingerprint density at radius 2 is 1.86 bits per heavy atom. The van der Waals surface area contributed by atoms with Crippen LogP contribution in [0.4, 0.5) is 4.39 Å². The minimum absolute atomic E-state index is 0.0478. The van der Waals surface area contributed by atoms with Gasteiger partial charge in [-0.15, -0.1) is 0 Å². The number of nitrogens with one attached hydrogen (secondary N) is 2. The number of rotatable bonds is 10. The number of ether oxygens (including phenoxy) is 1. The van der Waals surface area contributed by atoms with Crippen molar-refractivity contribution in [2.24, 2.45) is 0 Å². The van der Waals surface area contributed by atoms with E-state index in [9.17, 15) is 14.0 Å². The summed E-state index contributed by atoms with van der Waals surface area (Å²) >= 11 is 6.17. The van der Waals surface area contributed by atoms with Gasteiger partial charge in [-0.3, -0.25) is 9.59 Å². The number of amides is 1. The minimum atomic E-state index is -0.852. The van der Waals surface area contributed by atoms with Crippen LogP contribution in [0, 0.1) is 12.7 Å². The third kappa shape index (κ3) is 6.49. The van der Waals surface area contributed by atoms with Crippen LogP contribution in [0.3, 0.4) is 0 Å². The zero-order valence-corrected chi connectivity index (χ0v) is 21.4. The Kier molecular flexibility index (Phi) is 8.14. The lowest BCUT2D eigenvalue weighted by Gasteiger charge is -2.12. The number of carboxylic acid groups (broad SMARTS) is 1. The molecule has 0 bridgehead atoms. The fourth-order valence-electron chi connectivity index (χ4n) is 4.37. The molecular formula is C29H28ClFN2O4. The van der Waals surface area contributed by atoms with Crippen molar-refractivity contribution < 1.29 is 23.8 Å². The van der Waals surface area contributed by atoms with Crippen molar-refractivity contribution in [2.75, 3.05) is 0 Å². The molecule has 0 aliphatic heterocycles. The summed E-state index contributed by atoms with van der Waals surface area (Å²) in [5.74, 6) is -0.805. The summed E-state index contributed by atoms with van der Waals surface area (Å²) < 4.78 is 20.2. The molecule has 6 nitrogen and oxygen atoms in total. The number of carbonyl (C=O) groups is 2. The maximum Gasteiger partial charge on any atom is 0.303 e. The third-order valence-corrected chi connectivity index (χ3v) is 6.37. The zero-order valence-electron chi connectivity index (χ0n) is 20.7. The summed E-state index contributed by atoms with van der Waals surface area (Å²) in [6.45, 7) is 4.04. The topological polar surface area (TPSA) is 91.4 Å². The molecule has 0 atom stereocenters. The third-order valence-electron chi connectivity index (χ3n) is 6.14. The smallest absolute Gasteiger partial charge is 0.303 e. The van der Waals surface area contributed by atoms with Crippen molar-refractivity contribution in [3.8, 4) is 11.5 Å². The number of aryl methyl sites for hydroxylation is 3. The maximum absolute atomic E-state index is 14.4. The van der Waals surface area contributed by atoms with Crippen LogP contribution >= 0.6 is 11.6 Å². The van der Waals surface area contributed by atoms with Gasteiger partial charge in [-0.1, -0.05) is 31.0 Å². The average Bonchev–Trinajstić information content (AvgIpc) is 3.19. The van der Waals surface area contributed by atoms with Gasteiger partial charge in [-0.05, 0) is 84.5 Å². The van der Waals surface area contributed by atoms with Gasteiger partial charge >= 0.3 is 5.97 Å². The minimum Gasteiger partial charge on any atom is -0.481 e. The fraction of sp³-hybridized carbons (Fsp3) is 0.241. The Balaban J connectivity index is 1.48. The van der Waals surface area contributed by atoms with Crippen molar-refractivity contribution in [3.05, 3.63) is 93.4 Å². The highest BCUT2D eigenvalue weighted by molar-refractivity contribution is 6.31. The molecule has 0 aliphatic carbocycles. The van der Waals surface area contributed by atoms with Crippen LogP contribution < -0.4 is 10.1 Å². The molecule has 1 heterocycles. The predicted molar refractivity (Wildman–Crippen MR) is 142 cm³/mol. The lowest BCUT2D eigenvalue weighted by atomic mass is 10.0. The molecule has 0 saturated heterocycles. The van der Waals surface area contributed by atoms with Gasteiger partial charge in [-0.2, -0.15) is 0 Å². The molecule has 37 heavy (non-hydrogen) atoms. The molecular weight excluding hydrogens is 495 g/mol. The number of halogens is 2. The Labute approximate surface area is 219 Å². The molecule has 0 aliphatic rings. The molecule has 4 aromatic rings. The second-order valence-electron chi connectivity index (χ2n) is 8.98. The van der Waals surface area contributed by atoms with Crippen LogP contribution in [0.1, 0.15) is 52.5 Å². The molecule has 4 rings (SSSR count). The van der Waals surface area contributed by atoms with Gasteiger partial charge in [0.2, 0.25) is 0 Å². The van der Waals surface area contributed by atoms with Crippen LogP contribution in [0.15, 0.2) is 54.6 Å². The van der Waals surface area contributed by atoms with Gasteiger partial charge in [-0.25, -0.2) is 4.39 Å². The summed E-state index contributed by atoms with van der Waals surface area (Å²) in [5.41, 5.74) is 4.58. The normalized spacial score (nSPS) is 11.0. The number of carboxylic acids is 1. The number of hydrogen-bond donors (Lipinski definition) is 3. The van der Waals surface area contributed by atoms with Crippen molar-refractivity contribution in [3.63, 3.8) is 0 Å². The number of H-pyrrole nitrogens is 1. The average molecular weight is 523 g/mol. The van der Waals surface area contributed by atoms with Gasteiger partial charge < -0.3 is 20.1 Å². The second-order valence-corrected chi connectivity index (χ2v) is 9.42. The first-order valence-electron chi connectivity index (χ1n) is 12.1. The summed E-state index contributed by atoms with van der Waals surface area (Å²) in [6, 6.07) is 15.1. The van der Waals surface area contributed by atoms with E-state index in [1.54, 1.807) is 24.3 Å². The molecule has 8 heteroatoms. The molecule has 0 spiro atoms. The monoisotopic (exact) mass is 522 g/mol. The van der Waals surface area contributed by atoms with Gasteiger partial charge in [0.25, 0.3) is 5.91 Å². The van der Waals surface area contributed by atoms with Crippen LogP contribution in [-0.4, -0.2) is 22.0 Å². The maximum atomic E-state index is 14.4. The van der Waals surface area contributed by atoms with Crippen molar-refractivity contribution in [1.82, 2.24) is 10.3 Å². The zero-order chi connectivity index (χ0) is 26.5. The van der Waals surface area contributed by atoms with Crippen molar-refractivity contribution in [2.45, 2.75) is 46.1 Å². The van der Waals surface area contributed by atoms with E-state index >= 15 is 0 Å². The van der Waals surface area contributed by atoms with Crippen LogP contribution in [0.25, 0.3) is 10.9 Å². The van der Waals surface area contributed by atoms with E-state index < -0.39 is 11.8 Å². The lowest BCUT2D eigenvalue weighted by Crippen LogP contribution is -2.24. The molecule has 192 valence electrons. The number of carbonyl (C=O) groups excluding carboxylic acids is 1. The van der Waals surface area contributed by atoms with E-state index in [0.717, 1.165) is 40.4 Å². The summed E-state index contributed by atoms with van der Waals surface area (Å²) in [6.07, 6.45) is 2.06. The Hall–Kier alpha value is -3.84. The van der Waals surface area contributed by atoms with Gasteiger partial charge in [0.1, 0.15) is 23.0 Å². The summed E-state index contributed by atoms with van der Waals surface area (Å²) in [5, 5.41) is 13.3. The first kappa shape index (κ1) is 26.2. The summed E-state index contributed by atoms with van der Waals surface area (Å²) in [4.78, 5) is 27.1. The molecule has 0 unspecified atom stereocenters. The van der Waals surface area contributed by atoms with Crippen LogP contribution in [0.5, 0.6) is 11.5 Å². The Morgan fingerprint density at radius 1 is 1.05 bits per heavy atom. The van der Waals surface area contributed by atoms with Crippen molar-refractivity contribution >= 4 is 34.4 Å². The number of fused-ring (bicyclic) bond motifs is 1. The van der Waals surface area contributed by atoms with E-state index in [2.05, 4.69) is 10.3 Å². The highest BCUT2D eigenvalue weighted by Crippen LogP contribution is 2.28. The fourth-order valence-corrected chi connectivity index (χ4v) is 4.54. The van der Waals surface area contributed by atoms with E-state index in [1.165, 1.54) is 12.1 Å². The standard InChI is InChI=1S/C29H28ClFN2O4/c1-3-4-24-25-14-20(30)7-9-26(25)33-28(24)29(36)32-16-18-12-21(31)15-23(13-18)37-22-8-5-19(17(2)11-22)6-10-27(34)35/h5,7-9,11-15,33H,3-4,6,10,16H2,1-2H3,(H,32,36)(H,34,35). The molecule has 1 aromatic heterocycles. The highest BCUT2D eigenvalue weighted by atomic mass is 35.5. The molecule has 3 aromatic carbocycles. The number of aromatic nitrogens is 1. The Morgan fingerprint density at radius 3 is 2.59 bits per heavy atom. The first-order chi connectivity index (χ1) is 17.7. The lowest BCUT2D eigenvalue weighted by molar-refractivity contribution is -0.136. The molecule has 1 amide bonds. The molecule has 3 N–H and O–H groups in total. The summed E-state index contributed by atoms with van der Waals surface area (Å²) in [7, 11) is 0. The largest absolute Gasteiger partial charge is 0.481 e. The molecule has 0 saturated carbocycles. The van der Waals surface area contributed by atoms with Gasteiger partial charge in [0.15, 0.2) is 0 Å². The number of aliphatic carboxylic acids is 1. The number of benzene rings is 3. The van der Waals surface area contributed by atoms with Gasteiger partial charge in [0.05, 0.1) is 0 Å². The number of hydrogen-bond acceptors (Lipinski definition) is 3. The van der Waals surface area contributed by atoms with Crippen LogP contribution in [0.2, 0.25) is 5.02 Å². The molecule has 0 radical (unpaired) electrons. The Bertz CT molecular complexity index is 1460. The second kappa shape index (κ2) is 11.5. The SMILES string of the molecule is CCCc1c(C(=O)NCc2cc(F)cc(Oc3ccc(CCC(=O)O)c(C)c3)c2)[nH]c2ccc(Cl)cc12. The quantitative estimate of drug-likeness (QED) is 0.210. The van der Waals surface area contributed by atoms with Gasteiger partial charge in [0, 0.05) is 35.0 Å². The van der Waals surface area contributed by atoms with E-state index in [1.807, 2.05) is 32.0 Å². The predicted octanol–water partition coefficient (Wildman–Crippen LogP) is 6.96. The van der Waals surface area contributed by atoms with E-state index in [4.69, 9.17) is 21.4 Å². The first-order valence-corrected chi connectivity index (χ1v) is 12.5. The highest BCUT2D eigenvalue weighted by Gasteiger charge is 2.18. The van der Waals surface area contributed by atoms with E-state index in [-0.39, 0.29) is 18.9 Å². The van der Waals surface area contributed by atoms with Crippen molar-refractivity contribution in [1.29, 1.82) is 0 Å². The van der Waals surface area contributed by atoms with E-state index in [0.29, 0.717) is 34.2 Å². The number of aromatic amines is 1.